The fraction of sp³-hybridized carbons (Fsp3) is 0.318. The molecule has 1 saturated heterocycles. The fourth-order valence-corrected chi connectivity index (χ4v) is 3.81. The molecule has 0 spiro atoms. The molecule has 2 aromatic carbocycles. The quantitative estimate of drug-likeness (QED) is 0.622. The average Bonchev–Trinajstić information content (AvgIpc) is 2.99. The van der Waals surface area contributed by atoms with E-state index in [1.807, 2.05) is 17.9 Å². The summed E-state index contributed by atoms with van der Waals surface area (Å²) in [4.78, 5) is 26.9. The number of benzene rings is 2. The molecule has 3 rings (SSSR count). The molecule has 7 heteroatoms. The summed E-state index contributed by atoms with van der Waals surface area (Å²) >= 11 is 8.67. The Hall–Kier alpha value is -2.25. The van der Waals surface area contributed by atoms with Gasteiger partial charge in [-0.05, 0) is 73.9 Å². The van der Waals surface area contributed by atoms with Gasteiger partial charge in [0, 0.05) is 34.4 Å². The van der Waals surface area contributed by atoms with Crippen molar-refractivity contribution in [3.63, 3.8) is 0 Å². The number of rotatable bonds is 3. The predicted octanol–water partition coefficient (Wildman–Crippen LogP) is 4.90. The standard InChI is InChI=1S/C22H24BrN3O2S/c1-15-6-7-17(14-19(15)23)20(27)25-22(29)24-18-10-8-16(9-11-18)21(28)26-12-4-2-3-5-13-26/h6-11,14H,2-5,12-13H2,1H3,(H2,24,25,27,29). The third-order valence-corrected chi connectivity index (χ3v) is 6.00. The zero-order valence-corrected chi connectivity index (χ0v) is 18.7. The van der Waals surface area contributed by atoms with E-state index in [1.54, 1.807) is 36.4 Å². The number of nitrogens with zero attached hydrogens (tertiary/aromatic N) is 1. The molecule has 0 aliphatic carbocycles. The minimum atomic E-state index is -0.281. The Balaban J connectivity index is 1.57. The Morgan fingerprint density at radius 3 is 2.21 bits per heavy atom. The van der Waals surface area contributed by atoms with Gasteiger partial charge in [-0.2, -0.15) is 0 Å². The van der Waals surface area contributed by atoms with E-state index in [-0.39, 0.29) is 16.9 Å². The van der Waals surface area contributed by atoms with Crippen molar-refractivity contribution in [2.75, 3.05) is 18.4 Å². The maximum Gasteiger partial charge on any atom is 0.257 e. The summed E-state index contributed by atoms with van der Waals surface area (Å²) in [5, 5.41) is 5.87. The van der Waals surface area contributed by atoms with Crippen LogP contribution in [0.25, 0.3) is 0 Å². The van der Waals surface area contributed by atoms with Crippen LogP contribution < -0.4 is 10.6 Å². The lowest BCUT2D eigenvalue weighted by Crippen LogP contribution is -2.34. The van der Waals surface area contributed by atoms with Crippen LogP contribution in [0.15, 0.2) is 46.9 Å². The molecule has 1 heterocycles. The minimum absolute atomic E-state index is 0.0688. The van der Waals surface area contributed by atoms with E-state index in [4.69, 9.17) is 12.2 Å². The van der Waals surface area contributed by atoms with Gasteiger partial charge in [-0.25, -0.2) is 0 Å². The lowest BCUT2D eigenvalue weighted by Gasteiger charge is -2.20. The summed E-state index contributed by atoms with van der Waals surface area (Å²) in [7, 11) is 0. The van der Waals surface area contributed by atoms with Crippen LogP contribution >= 0.6 is 28.1 Å². The van der Waals surface area contributed by atoms with E-state index in [1.165, 1.54) is 12.8 Å². The van der Waals surface area contributed by atoms with E-state index in [9.17, 15) is 9.59 Å². The molecule has 5 nitrogen and oxygen atoms in total. The number of amides is 2. The minimum Gasteiger partial charge on any atom is -0.339 e. The van der Waals surface area contributed by atoms with Gasteiger partial charge in [-0.1, -0.05) is 34.8 Å². The zero-order valence-electron chi connectivity index (χ0n) is 16.3. The van der Waals surface area contributed by atoms with Gasteiger partial charge in [0.1, 0.15) is 0 Å². The maximum atomic E-state index is 12.7. The summed E-state index contributed by atoms with van der Waals surface area (Å²) in [6.45, 7) is 3.60. The summed E-state index contributed by atoms with van der Waals surface area (Å²) in [6.07, 6.45) is 4.51. The normalized spacial score (nSPS) is 14.1. The van der Waals surface area contributed by atoms with Gasteiger partial charge in [-0.15, -0.1) is 0 Å². The molecule has 2 aromatic rings. The predicted molar refractivity (Wildman–Crippen MR) is 123 cm³/mol. The van der Waals surface area contributed by atoms with Gasteiger partial charge >= 0.3 is 0 Å². The second-order valence-electron chi connectivity index (χ2n) is 7.16. The van der Waals surface area contributed by atoms with E-state index in [2.05, 4.69) is 26.6 Å². The van der Waals surface area contributed by atoms with Gasteiger partial charge < -0.3 is 10.2 Å². The number of carbonyl (C=O) groups is 2. The molecule has 1 aliphatic rings. The second-order valence-corrected chi connectivity index (χ2v) is 8.42. The lowest BCUT2D eigenvalue weighted by atomic mass is 10.1. The average molecular weight is 474 g/mol. The van der Waals surface area contributed by atoms with Crippen LogP contribution in [0, 0.1) is 6.92 Å². The fourth-order valence-electron chi connectivity index (χ4n) is 3.22. The third kappa shape index (κ3) is 5.87. The van der Waals surface area contributed by atoms with Crippen molar-refractivity contribution in [3.05, 3.63) is 63.6 Å². The molecule has 2 amide bonds. The molecule has 2 N–H and O–H groups in total. The second kappa shape index (κ2) is 9.98. The molecule has 0 saturated carbocycles. The van der Waals surface area contributed by atoms with Gasteiger partial charge in [-0.3, -0.25) is 14.9 Å². The largest absolute Gasteiger partial charge is 0.339 e. The van der Waals surface area contributed by atoms with Crippen LogP contribution in [-0.4, -0.2) is 34.9 Å². The molecule has 0 unspecified atom stereocenters. The molecule has 1 aliphatic heterocycles. The molecule has 0 atom stereocenters. The maximum absolute atomic E-state index is 12.7. The summed E-state index contributed by atoms with van der Waals surface area (Å²) < 4.78 is 0.869. The molecule has 0 bridgehead atoms. The summed E-state index contributed by atoms with van der Waals surface area (Å²) in [5.74, 6) is -0.213. The highest BCUT2D eigenvalue weighted by molar-refractivity contribution is 9.10. The molecule has 0 aromatic heterocycles. The molecular formula is C22H24BrN3O2S. The number of hydrogen-bond donors (Lipinski definition) is 2. The number of hydrogen-bond acceptors (Lipinski definition) is 3. The Morgan fingerprint density at radius 2 is 1.59 bits per heavy atom. The van der Waals surface area contributed by atoms with Crippen molar-refractivity contribution in [3.8, 4) is 0 Å². The van der Waals surface area contributed by atoms with Crippen molar-refractivity contribution in [2.24, 2.45) is 0 Å². The Labute approximate surface area is 185 Å². The lowest BCUT2D eigenvalue weighted by molar-refractivity contribution is 0.0761. The number of likely N-dealkylation sites (tertiary alicyclic amines) is 1. The number of anilines is 1. The number of halogens is 1. The van der Waals surface area contributed by atoms with Crippen molar-refractivity contribution in [2.45, 2.75) is 32.6 Å². The smallest absolute Gasteiger partial charge is 0.257 e. The monoisotopic (exact) mass is 473 g/mol. The van der Waals surface area contributed by atoms with Gasteiger partial charge in [0.2, 0.25) is 0 Å². The Kier molecular flexibility index (Phi) is 7.39. The van der Waals surface area contributed by atoms with Crippen molar-refractivity contribution in [1.82, 2.24) is 10.2 Å². The van der Waals surface area contributed by atoms with E-state index in [0.29, 0.717) is 16.8 Å². The Morgan fingerprint density at radius 1 is 0.966 bits per heavy atom. The SMILES string of the molecule is Cc1ccc(C(=O)NC(=S)Nc2ccc(C(=O)N3CCCCCC3)cc2)cc1Br. The summed E-state index contributed by atoms with van der Waals surface area (Å²) in [5.41, 5.74) is 2.95. The van der Waals surface area contributed by atoms with Crippen LogP contribution in [0.1, 0.15) is 52.0 Å². The number of nitrogens with one attached hydrogen (secondary N) is 2. The number of aryl methyl sites for hydroxylation is 1. The highest BCUT2D eigenvalue weighted by Crippen LogP contribution is 2.18. The van der Waals surface area contributed by atoms with Crippen molar-refractivity contribution >= 4 is 50.8 Å². The van der Waals surface area contributed by atoms with Crippen LogP contribution in [0.5, 0.6) is 0 Å². The molecule has 0 radical (unpaired) electrons. The summed E-state index contributed by atoms with van der Waals surface area (Å²) in [6, 6.07) is 12.6. The van der Waals surface area contributed by atoms with Crippen molar-refractivity contribution in [1.29, 1.82) is 0 Å². The molecule has 152 valence electrons. The van der Waals surface area contributed by atoms with E-state index < -0.39 is 0 Å². The molecule has 29 heavy (non-hydrogen) atoms. The Bertz CT molecular complexity index is 907. The van der Waals surface area contributed by atoms with Crippen LogP contribution in [-0.2, 0) is 0 Å². The van der Waals surface area contributed by atoms with E-state index in [0.717, 1.165) is 36.0 Å². The first kappa shape index (κ1) is 21.5. The zero-order chi connectivity index (χ0) is 20.8. The first-order chi connectivity index (χ1) is 13.9. The van der Waals surface area contributed by atoms with E-state index >= 15 is 0 Å². The van der Waals surface area contributed by atoms with Crippen LogP contribution in [0.2, 0.25) is 0 Å². The topological polar surface area (TPSA) is 61.4 Å². The van der Waals surface area contributed by atoms with Gasteiger partial charge in [0.25, 0.3) is 11.8 Å². The van der Waals surface area contributed by atoms with Crippen LogP contribution in [0.3, 0.4) is 0 Å². The molecular weight excluding hydrogens is 450 g/mol. The number of thiocarbonyl (C=S) groups is 1. The first-order valence-corrected chi connectivity index (χ1v) is 10.9. The van der Waals surface area contributed by atoms with Crippen LogP contribution in [0.4, 0.5) is 5.69 Å². The third-order valence-electron chi connectivity index (χ3n) is 4.94. The van der Waals surface area contributed by atoms with Crippen molar-refractivity contribution < 1.29 is 9.59 Å². The van der Waals surface area contributed by atoms with Gasteiger partial charge in [0.15, 0.2) is 5.11 Å². The molecule has 1 fully saturated rings. The number of carbonyl (C=O) groups excluding carboxylic acids is 2. The highest BCUT2D eigenvalue weighted by atomic mass is 79.9. The van der Waals surface area contributed by atoms with Gasteiger partial charge in [0.05, 0.1) is 0 Å². The first-order valence-electron chi connectivity index (χ1n) is 9.72. The highest BCUT2D eigenvalue weighted by Gasteiger charge is 2.17.